The number of nitrogens with one attached hydrogen (secondary N) is 2. The highest BCUT2D eigenvalue weighted by Gasteiger charge is 2.28. The maximum absolute atomic E-state index is 12.4. The minimum Gasteiger partial charge on any atom is -0.490 e. The van der Waals surface area contributed by atoms with Gasteiger partial charge in [-0.05, 0) is 44.7 Å². The van der Waals surface area contributed by atoms with Gasteiger partial charge < -0.3 is 20.5 Å². The number of hydrogen-bond acceptors (Lipinski definition) is 6. The molecule has 26 heavy (non-hydrogen) atoms. The fourth-order valence-electron chi connectivity index (χ4n) is 2.43. The summed E-state index contributed by atoms with van der Waals surface area (Å²) in [5, 5.41) is 2.65. The first-order valence-corrected chi connectivity index (χ1v) is 10.3. The highest BCUT2D eigenvalue weighted by atomic mass is 32.2. The zero-order valence-electron chi connectivity index (χ0n) is 15.2. The Morgan fingerprint density at radius 1 is 1.23 bits per heavy atom. The fourth-order valence-corrected chi connectivity index (χ4v) is 3.42. The van der Waals surface area contributed by atoms with Crippen LogP contribution in [-0.4, -0.2) is 46.7 Å². The predicted molar refractivity (Wildman–Crippen MR) is 97.7 cm³/mol. The summed E-state index contributed by atoms with van der Waals surface area (Å²) in [7, 11) is -3.85. The number of rotatable bonds is 11. The van der Waals surface area contributed by atoms with E-state index in [1.54, 1.807) is 6.92 Å². The van der Waals surface area contributed by atoms with Gasteiger partial charge in [-0.15, -0.1) is 0 Å². The SMILES string of the molecule is CCOc1ccc(S(=O)(=O)NCC(=O)NCC(N)C2CC2)cc1OCC. The van der Waals surface area contributed by atoms with Crippen molar-refractivity contribution < 1.29 is 22.7 Å². The molecule has 1 aliphatic carbocycles. The fraction of sp³-hybridized carbons (Fsp3) is 0.588. The molecule has 1 saturated carbocycles. The first-order chi connectivity index (χ1) is 12.4. The predicted octanol–water partition coefficient (Wildman–Crippen LogP) is 0.616. The van der Waals surface area contributed by atoms with Crippen LogP contribution in [0.25, 0.3) is 0 Å². The van der Waals surface area contributed by atoms with Crippen LogP contribution in [-0.2, 0) is 14.8 Å². The second kappa shape index (κ2) is 9.20. The van der Waals surface area contributed by atoms with Gasteiger partial charge in [0.1, 0.15) is 0 Å². The van der Waals surface area contributed by atoms with Crippen molar-refractivity contribution in [1.29, 1.82) is 0 Å². The molecule has 146 valence electrons. The van der Waals surface area contributed by atoms with Gasteiger partial charge in [-0.25, -0.2) is 13.1 Å². The topological polar surface area (TPSA) is 120 Å². The summed E-state index contributed by atoms with van der Waals surface area (Å²) in [5.41, 5.74) is 5.91. The number of carbonyl (C=O) groups excluding carboxylic acids is 1. The van der Waals surface area contributed by atoms with Crippen molar-refractivity contribution in [3.8, 4) is 11.5 Å². The third-order valence-corrected chi connectivity index (χ3v) is 5.41. The molecule has 1 unspecified atom stereocenters. The summed E-state index contributed by atoms with van der Waals surface area (Å²) in [5.74, 6) is 0.866. The van der Waals surface area contributed by atoms with Gasteiger partial charge in [0.2, 0.25) is 15.9 Å². The van der Waals surface area contributed by atoms with E-state index in [1.807, 2.05) is 6.92 Å². The van der Waals surface area contributed by atoms with Gasteiger partial charge in [0.25, 0.3) is 0 Å². The highest BCUT2D eigenvalue weighted by molar-refractivity contribution is 7.89. The summed E-state index contributed by atoms with van der Waals surface area (Å²) < 4.78 is 38.0. The average Bonchev–Trinajstić information content (AvgIpc) is 3.45. The summed E-state index contributed by atoms with van der Waals surface area (Å²) in [6.45, 7) is 4.44. The zero-order chi connectivity index (χ0) is 19.2. The van der Waals surface area contributed by atoms with Crippen LogP contribution in [0.1, 0.15) is 26.7 Å². The van der Waals surface area contributed by atoms with E-state index in [0.717, 1.165) is 12.8 Å². The van der Waals surface area contributed by atoms with Gasteiger partial charge in [0.05, 0.1) is 24.7 Å². The van der Waals surface area contributed by atoms with E-state index in [1.165, 1.54) is 18.2 Å². The molecule has 1 aromatic rings. The number of sulfonamides is 1. The Kier molecular flexibility index (Phi) is 7.24. The summed E-state index contributed by atoms with van der Waals surface area (Å²) >= 11 is 0. The van der Waals surface area contributed by atoms with Crippen LogP contribution < -0.4 is 25.2 Å². The molecule has 1 aromatic carbocycles. The third kappa shape index (κ3) is 5.86. The van der Waals surface area contributed by atoms with Crippen molar-refractivity contribution in [3.05, 3.63) is 18.2 Å². The number of amides is 1. The number of carbonyl (C=O) groups is 1. The van der Waals surface area contributed by atoms with Crippen LogP contribution in [0.3, 0.4) is 0 Å². The van der Waals surface area contributed by atoms with Gasteiger partial charge >= 0.3 is 0 Å². The Bertz CT molecular complexity index is 719. The molecule has 0 spiro atoms. The van der Waals surface area contributed by atoms with E-state index in [9.17, 15) is 13.2 Å². The number of hydrogen-bond donors (Lipinski definition) is 3. The molecule has 8 nitrogen and oxygen atoms in total. The van der Waals surface area contributed by atoms with Gasteiger partial charge in [-0.1, -0.05) is 0 Å². The first kappa shape index (κ1) is 20.5. The highest BCUT2D eigenvalue weighted by Crippen LogP contribution is 2.31. The van der Waals surface area contributed by atoms with Gasteiger partial charge in [-0.2, -0.15) is 0 Å². The molecule has 9 heteroatoms. The summed E-state index contributed by atoms with van der Waals surface area (Å²) in [6.07, 6.45) is 2.17. The van der Waals surface area contributed by atoms with Crippen LogP contribution in [0.4, 0.5) is 0 Å². The molecule has 4 N–H and O–H groups in total. The lowest BCUT2D eigenvalue weighted by Gasteiger charge is -2.14. The Balaban J connectivity index is 1.95. The van der Waals surface area contributed by atoms with Crippen molar-refractivity contribution in [2.24, 2.45) is 11.7 Å². The Morgan fingerprint density at radius 3 is 2.50 bits per heavy atom. The first-order valence-electron chi connectivity index (χ1n) is 8.79. The smallest absolute Gasteiger partial charge is 0.241 e. The molecule has 0 bridgehead atoms. The maximum Gasteiger partial charge on any atom is 0.241 e. The van der Waals surface area contributed by atoms with Crippen molar-refractivity contribution in [3.63, 3.8) is 0 Å². The molecule has 0 saturated heterocycles. The average molecular weight is 385 g/mol. The molecule has 2 rings (SSSR count). The number of benzene rings is 1. The molecule has 1 amide bonds. The van der Waals surface area contributed by atoms with Crippen LogP contribution in [0, 0.1) is 5.92 Å². The van der Waals surface area contributed by atoms with Gasteiger partial charge in [0, 0.05) is 18.7 Å². The molecular formula is C17H27N3O5S. The molecule has 0 aromatic heterocycles. The number of nitrogens with two attached hydrogens (primary N) is 1. The summed E-state index contributed by atoms with van der Waals surface area (Å²) in [4.78, 5) is 11.8. The third-order valence-electron chi connectivity index (χ3n) is 4.01. The molecule has 1 aliphatic rings. The van der Waals surface area contributed by atoms with Crippen molar-refractivity contribution in [2.75, 3.05) is 26.3 Å². The van der Waals surface area contributed by atoms with E-state index < -0.39 is 15.9 Å². The lowest BCUT2D eigenvalue weighted by atomic mass is 10.2. The van der Waals surface area contributed by atoms with E-state index in [2.05, 4.69) is 10.0 Å². The lowest BCUT2D eigenvalue weighted by Crippen LogP contribution is -2.43. The minimum atomic E-state index is -3.85. The number of ether oxygens (including phenoxy) is 2. The largest absolute Gasteiger partial charge is 0.490 e. The van der Waals surface area contributed by atoms with E-state index in [0.29, 0.717) is 37.2 Å². The van der Waals surface area contributed by atoms with E-state index >= 15 is 0 Å². The van der Waals surface area contributed by atoms with Crippen LogP contribution in [0.15, 0.2) is 23.1 Å². The van der Waals surface area contributed by atoms with Gasteiger partial charge in [0.15, 0.2) is 11.5 Å². The molecular weight excluding hydrogens is 358 g/mol. The standard InChI is InChI=1S/C17H27N3O5S/c1-3-24-15-8-7-13(9-16(15)25-4-2)26(22,23)20-11-17(21)19-10-14(18)12-5-6-12/h7-9,12,14,20H,3-6,10-11,18H2,1-2H3,(H,19,21). The van der Waals surface area contributed by atoms with Crippen LogP contribution in [0.2, 0.25) is 0 Å². The molecule has 0 aliphatic heterocycles. The van der Waals surface area contributed by atoms with Gasteiger partial charge in [-0.3, -0.25) is 4.79 Å². The summed E-state index contributed by atoms with van der Waals surface area (Å²) in [6, 6.07) is 4.27. The lowest BCUT2D eigenvalue weighted by molar-refractivity contribution is -0.120. The second-order valence-corrected chi connectivity index (χ2v) is 7.87. The van der Waals surface area contributed by atoms with Crippen molar-refractivity contribution in [2.45, 2.75) is 37.6 Å². The van der Waals surface area contributed by atoms with Crippen LogP contribution in [0.5, 0.6) is 11.5 Å². The van der Waals surface area contributed by atoms with Crippen molar-refractivity contribution >= 4 is 15.9 Å². The van der Waals surface area contributed by atoms with Crippen molar-refractivity contribution in [1.82, 2.24) is 10.0 Å². The van der Waals surface area contributed by atoms with E-state index in [4.69, 9.17) is 15.2 Å². The molecule has 1 atom stereocenters. The Labute approximate surface area is 154 Å². The van der Waals surface area contributed by atoms with E-state index in [-0.39, 0.29) is 17.5 Å². The Hall–Kier alpha value is -1.84. The zero-order valence-corrected chi connectivity index (χ0v) is 16.0. The molecule has 0 radical (unpaired) electrons. The second-order valence-electron chi connectivity index (χ2n) is 6.10. The Morgan fingerprint density at radius 2 is 1.88 bits per heavy atom. The molecule has 1 fully saturated rings. The van der Waals surface area contributed by atoms with Crippen LogP contribution >= 0.6 is 0 Å². The maximum atomic E-state index is 12.4. The quantitative estimate of drug-likeness (QED) is 0.514. The minimum absolute atomic E-state index is 0.00637. The monoisotopic (exact) mass is 385 g/mol. The normalized spacial score (nSPS) is 15.3. The molecule has 0 heterocycles.